The molecule has 2 aromatic carbocycles. The van der Waals surface area contributed by atoms with Crippen LogP contribution in [0.2, 0.25) is 0 Å². The van der Waals surface area contributed by atoms with Gasteiger partial charge in [-0.15, -0.1) is 13.2 Å². The van der Waals surface area contributed by atoms with Crippen LogP contribution in [0.15, 0.2) is 55.4 Å². The highest BCUT2D eigenvalue weighted by Gasteiger charge is 2.31. The minimum atomic E-state index is -4.72. The quantitative estimate of drug-likeness (QED) is 0.579. The Morgan fingerprint density at radius 2 is 2.00 bits per heavy atom. The number of benzene rings is 2. The highest BCUT2D eigenvalue weighted by molar-refractivity contribution is 5.81. The lowest BCUT2D eigenvalue weighted by Gasteiger charge is -2.24. The average molecular weight is 418 g/mol. The summed E-state index contributed by atoms with van der Waals surface area (Å²) in [5.74, 6) is 0.459. The molecule has 0 aliphatic carbocycles. The maximum atomic E-state index is 12.4. The van der Waals surface area contributed by atoms with Crippen molar-refractivity contribution in [2.24, 2.45) is 5.73 Å². The summed E-state index contributed by atoms with van der Waals surface area (Å²) in [6, 6.07) is 7.70. The van der Waals surface area contributed by atoms with E-state index in [0.717, 1.165) is 46.5 Å². The Bertz CT molecular complexity index is 922. The Balaban J connectivity index is 2.04. The van der Waals surface area contributed by atoms with Crippen molar-refractivity contribution in [3.63, 3.8) is 0 Å². The van der Waals surface area contributed by atoms with Gasteiger partial charge in [0.25, 0.3) is 0 Å². The van der Waals surface area contributed by atoms with Gasteiger partial charge < -0.3 is 20.1 Å². The first-order valence-electron chi connectivity index (χ1n) is 9.83. The van der Waals surface area contributed by atoms with Crippen molar-refractivity contribution in [3.05, 3.63) is 66.5 Å². The zero-order valence-electron chi connectivity index (χ0n) is 16.8. The fourth-order valence-corrected chi connectivity index (χ4v) is 3.53. The van der Waals surface area contributed by atoms with Crippen molar-refractivity contribution in [2.75, 3.05) is 11.5 Å². The van der Waals surface area contributed by atoms with Crippen LogP contribution in [0.4, 0.5) is 18.9 Å². The molecule has 0 bridgehead atoms. The summed E-state index contributed by atoms with van der Waals surface area (Å²) in [6.45, 7) is 6.87. The van der Waals surface area contributed by atoms with E-state index in [0.29, 0.717) is 19.6 Å². The maximum absolute atomic E-state index is 12.4. The standard InChI is InChI=1S/C23H25F3N2O2/c1-3-5-6-12-28(4-2)21-17(15-27)14-20(22-19(21)11-13-29-22)16-7-9-18(10-8-16)30-23(24,25)26/h4,6-10,12,14H,2-3,5,11,13,15,27H2,1H3/b12-6-. The molecular weight excluding hydrogens is 393 g/mol. The molecule has 0 aromatic heterocycles. The molecule has 1 heterocycles. The zero-order valence-corrected chi connectivity index (χ0v) is 16.8. The summed E-state index contributed by atoms with van der Waals surface area (Å²) >= 11 is 0. The number of halogens is 3. The van der Waals surface area contributed by atoms with Crippen molar-refractivity contribution in [3.8, 4) is 22.6 Å². The Morgan fingerprint density at radius 1 is 1.27 bits per heavy atom. The topological polar surface area (TPSA) is 47.7 Å². The van der Waals surface area contributed by atoms with E-state index < -0.39 is 6.36 Å². The van der Waals surface area contributed by atoms with E-state index in [1.807, 2.05) is 17.2 Å². The summed E-state index contributed by atoms with van der Waals surface area (Å²) in [5.41, 5.74) is 10.5. The van der Waals surface area contributed by atoms with Crippen molar-refractivity contribution in [1.29, 1.82) is 0 Å². The van der Waals surface area contributed by atoms with Crippen LogP contribution >= 0.6 is 0 Å². The second-order valence-corrected chi connectivity index (χ2v) is 6.88. The Morgan fingerprint density at radius 3 is 2.60 bits per heavy atom. The number of rotatable bonds is 8. The fourth-order valence-electron chi connectivity index (χ4n) is 3.53. The number of unbranched alkanes of at least 4 members (excludes halogenated alkanes) is 1. The van der Waals surface area contributed by atoms with Gasteiger partial charge in [0, 0.05) is 36.5 Å². The lowest BCUT2D eigenvalue weighted by Crippen LogP contribution is -2.17. The molecule has 1 aliphatic rings. The summed E-state index contributed by atoms with van der Waals surface area (Å²) < 4.78 is 47.2. The smallest absolute Gasteiger partial charge is 0.492 e. The molecule has 0 fully saturated rings. The van der Waals surface area contributed by atoms with E-state index in [1.165, 1.54) is 12.1 Å². The summed E-state index contributed by atoms with van der Waals surface area (Å²) in [4.78, 5) is 1.95. The number of hydrogen-bond donors (Lipinski definition) is 1. The van der Waals surface area contributed by atoms with E-state index in [-0.39, 0.29) is 5.75 Å². The molecule has 0 unspecified atom stereocenters. The summed E-state index contributed by atoms with van der Waals surface area (Å²) in [7, 11) is 0. The van der Waals surface area contributed by atoms with E-state index in [9.17, 15) is 13.2 Å². The number of nitrogens with zero attached hydrogens (tertiary/aromatic N) is 1. The number of nitrogens with two attached hydrogens (primary N) is 1. The summed E-state index contributed by atoms with van der Waals surface area (Å²) in [5, 5.41) is 0. The van der Waals surface area contributed by atoms with Crippen LogP contribution in [0.3, 0.4) is 0 Å². The number of hydrogen-bond acceptors (Lipinski definition) is 4. The molecule has 0 saturated carbocycles. The second-order valence-electron chi connectivity index (χ2n) is 6.88. The van der Waals surface area contributed by atoms with Crippen LogP contribution in [0.25, 0.3) is 11.1 Å². The predicted octanol–water partition coefficient (Wildman–Crippen LogP) is 5.91. The lowest BCUT2D eigenvalue weighted by atomic mass is 9.95. The molecule has 0 amide bonds. The van der Waals surface area contributed by atoms with Crippen LogP contribution < -0.4 is 20.1 Å². The van der Waals surface area contributed by atoms with E-state index in [4.69, 9.17) is 10.5 Å². The highest BCUT2D eigenvalue weighted by atomic mass is 19.4. The van der Waals surface area contributed by atoms with Crippen LogP contribution in [-0.2, 0) is 13.0 Å². The first-order valence-corrected chi connectivity index (χ1v) is 9.83. The first kappa shape index (κ1) is 21.8. The van der Waals surface area contributed by atoms with E-state index >= 15 is 0 Å². The average Bonchev–Trinajstić information content (AvgIpc) is 3.20. The normalized spacial score (nSPS) is 13.2. The van der Waals surface area contributed by atoms with Gasteiger partial charge in [-0.2, -0.15) is 0 Å². The van der Waals surface area contributed by atoms with Crippen molar-refractivity contribution < 1.29 is 22.6 Å². The molecule has 3 rings (SSSR count). The Hall–Kier alpha value is -2.93. The molecule has 0 saturated heterocycles. The van der Waals surface area contributed by atoms with Crippen LogP contribution in [-0.4, -0.2) is 13.0 Å². The number of alkyl halides is 3. The number of anilines is 1. The molecule has 0 radical (unpaired) electrons. The summed E-state index contributed by atoms with van der Waals surface area (Å²) in [6.07, 6.45) is 3.78. The maximum Gasteiger partial charge on any atom is 0.573 e. The minimum Gasteiger partial charge on any atom is -0.492 e. The molecule has 2 aromatic rings. The largest absolute Gasteiger partial charge is 0.573 e. The SMILES string of the molecule is C=CN(/C=C\CCC)c1c(CN)cc(-c2ccc(OC(F)(F)F)cc2)c2c1CCO2. The van der Waals surface area contributed by atoms with E-state index in [1.54, 1.807) is 18.3 Å². The molecule has 2 N–H and O–H groups in total. The molecule has 7 heteroatoms. The van der Waals surface area contributed by atoms with Gasteiger partial charge in [0.15, 0.2) is 0 Å². The van der Waals surface area contributed by atoms with Crippen molar-refractivity contribution in [2.45, 2.75) is 39.1 Å². The van der Waals surface area contributed by atoms with Gasteiger partial charge in [-0.05, 0) is 35.7 Å². The molecule has 1 aliphatic heterocycles. The molecular formula is C23H25F3N2O2. The number of fused-ring (bicyclic) bond motifs is 1. The molecule has 160 valence electrons. The Labute approximate surface area is 174 Å². The highest BCUT2D eigenvalue weighted by Crippen LogP contribution is 2.45. The third-order valence-electron chi connectivity index (χ3n) is 4.82. The van der Waals surface area contributed by atoms with Crippen LogP contribution in [0.5, 0.6) is 11.5 Å². The molecule has 0 spiro atoms. The predicted molar refractivity (Wildman–Crippen MR) is 112 cm³/mol. The monoisotopic (exact) mass is 418 g/mol. The first-order chi connectivity index (χ1) is 14.4. The van der Waals surface area contributed by atoms with Gasteiger partial charge in [0.1, 0.15) is 11.5 Å². The van der Waals surface area contributed by atoms with Gasteiger partial charge in [0.2, 0.25) is 0 Å². The van der Waals surface area contributed by atoms with Crippen molar-refractivity contribution in [1.82, 2.24) is 0 Å². The lowest BCUT2D eigenvalue weighted by molar-refractivity contribution is -0.274. The third-order valence-corrected chi connectivity index (χ3v) is 4.82. The minimum absolute atomic E-state index is 0.265. The van der Waals surface area contributed by atoms with E-state index in [2.05, 4.69) is 24.3 Å². The molecule has 0 atom stereocenters. The zero-order chi connectivity index (χ0) is 21.7. The van der Waals surface area contributed by atoms with Gasteiger partial charge in [-0.1, -0.05) is 38.1 Å². The number of allylic oxidation sites excluding steroid dienone is 1. The van der Waals surface area contributed by atoms with Gasteiger partial charge in [-0.25, -0.2) is 0 Å². The third kappa shape index (κ3) is 4.79. The fraction of sp³-hybridized carbons (Fsp3) is 0.304. The van der Waals surface area contributed by atoms with Gasteiger partial charge >= 0.3 is 6.36 Å². The van der Waals surface area contributed by atoms with Gasteiger partial charge in [0.05, 0.1) is 12.3 Å². The van der Waals surface area contributed by atoms with Crippen LogP contribution in [0.1, 0.15) is 30.9 Å². The molecule has 30 heavy (non-hydrogen) atoms. The van der Waals surface area contributed by atoms with Crippen molar-refractivity contribution >= 4 is 5.69 Å². The molecule has 4 nitrogen and oxygen atoms in total. The number of ether oxygens (including phenoxy) is 2. The Kier molecular flexibility index (Phi) is 6.72. The van der Waals surface area contributed by atoms with Crippen LogP contribution in [0, 0.1) is 0 Å². The van der Waals surface area contributed by atoms with Gasteiger partial charge in [-0.3, -0.25) is 0 Å². The second kappa shape index (κ2) is 9.26.